The molecular weight excluding hydrogens is 278 g/mol. The van der Waals surface area contributed by atoms with Crippen molar-refractivity contribution >= 4 is 11.6 Å². The van der Waals surface area contributed by atoms with Crippen LogP contribution in [0.4, 0.5) is 5.69 Å². The number of carbonyl (C=O) groups excluding carboxylic acids is 1. The lowest BCUT2D eigenvalue weighted by Gasteiger charge is -2.19. The van der Waals surface area contributed by atoms with Gasteiger partial charge in [0.15, 0.2) is 0 Å². The Hall–Kier alpha value is -2.40. The van der Waals surface area contributed by atoms with Gasteiger partial charge in [-0.15, -0.1) is 0 Å². The van der Waals surface area contributed by atoms with Crippen LogP contribution in [0.15, 0.2) is 36.7 Å². The number of benzene rings is 1. The van der Waals surface area contributed by atoms with Gasteiger partial charge < -0.3 is 15.4 Å². The van der Waals surface area contributed by atoms with Crippen LogP contribution in [-0.2, 0) is 13.0 Å². The Morgan fingerprint density at radius 1 is 1.36 bits per heavy atom. The molecule has 0 fully saturated rings. The van der Waals surface area contributed by atoms with Crippen LogP contribution in [0.5, 0.6) is 5.75 Å². The van der Waals surface area contributed by atoms with Gasteiger partial charge in [0.25, 0.3) is 5.91 Å². The molecule has 0 saturated carbocycles. The zero-order chi connectivity index (χ0) is 15.4. The zero-order valence-electron chi connectivity index (χ0n) is 12.6. The molecule has 0 bridgehead atoms. The molecule has 0 spiro atoms. The minimum absolute atomic E-state index is 0.140. The minimum Gasteiger partial charge on any atom is -0.492 e. The minimum atomic E-state index is -0.140. The van der Waals surface area contributed by atoms with Crippen LogP contribution in [0.1, 0.15) is 28.4 Å². The fourth-order valence-electron chi connectivity index (χ4n) is 2.65. The smallest absolute Gasteiger partial charge is 0.257 e. The monoisotopic (exact) mass is 297 g/mol. The molecule has 5 heteroatoms. The zero-order valence-corrected chi connectivity index (χ0v) is 12.6. The molecule has 2 aromatic rings. The number of nitrogens with one attached hydrogen (secondary N) is 2. The summed E-state index contributed by atoms with van der Waals surface area (Å²) in [6.07, 6.45) is 4.31. The number of ether oxygens (including phenoxy) is 1. The molecule has 5 nitrogen and oxygen atoms in total. The number of hydrogen-bond acceptors (Lipinski definition) is 4. The lowest BCUT2D eigenvalue weighted by molar-refractivity contribution is 0.102. The van der Waals surface area contributed by atoms with Crippen LogP contribution in [0.2, 0.25) is 0 Å². The summed E-state index contributed by atoms with van der Waals surface area (Å²) in [6.45, 7) is 4.12. The first-order valence-corrected chi connectivity index (χ1v) is 7.49. The van der Waals surface area contributed by atoms with Crippen molar-refractivity contribution in [2.45, 2.75) is 19.9 Å². The second kappa shape index (κ2) is 6.58. The van der Waals surface area contributed by atoms with Crippen molar-refractivity contribution < 1.29 is 9.53 Å². The van der Waals surface area contributed by atoms with Crippen molar-refractivity contribution in [2.75, 3.05) is 18.5 Å². The second-order valence-electron chi connectivity index (χ2n) is 5.13. The highest BCUT2D eigenvalue weighted by Crippen LogP contribution is 2.25. The molecule has 1 aliphatic heterocycles. The molecule has 0 unspecified atom stereocenters. The lowest BCUT2D eigenvalue weighted by atomic mass is 9.98. The quantitative estimate of drug-likeness (QED) is 0.909. The van der Waals surface area contributed by atoms with E-state index in [-0.39, 0.29) is 5.91 Å². The highest BCUT2D eigenvalue weighted by atomic mass is 16.5. The number of rotatable bonds is 4. The number of aromatic nitrogens is 1. The van der Waals surface area contributed by atoms with Crippen LogP contribution >= 0.6 is 0 Å². The summed E-state index contributed by atoms with van der Waals surface area (Å²) in [7, 11) is 0. The predicted molar refractivity (Wildman–Crippen MR) is 85.2 cm³/mol. The van der Waals surface area contributed by atoms with E-state index >= 15 is 0 Å². The number of carbonyl (C=O) groups is 1. The van der Waals surface area contributed by atoms with Crippen LogP contribution < -0.4 is 15.4 Å². The first-order chi connectivity index (χ1) is 10.8. The maximum atomic E-state index is 12.6. The fraction of sp³-hybridized carbons (Fsp3) is 0.294. The third-order valence-electron chi connectivity index (χ3n) is 3.69. The van der Waals surface area contributed by atoms with Crippen LogP contribution in [0, 0.1) is 0 Å². The number of nitrogens with zero attached hydrogens (tertiary/aromatic N) is 1. The van der Waals surface area contributed by atoms with Crippen molar-refractivity contribution in [3.8, 4) is 5.75 Å². The van der Waals surface area contributed by atoms with Crippen LogP contribution in [0.25, 0.3) is 0 Å². The van der Waals surface area contributed by atoms with Crippen molar-refractivity contribution in [3.05, 3.63) is 53.3 Å². The van der Waals surface area contributed by atoms with Crippen LogP contribution in [-0.4, -0.2) is 24.0 Å². The maximum Gasteiger partial charge on any atom is 0.257 e. The topological polar surface area (TPSA) is 63.2 Å². The standard InChI is InChI=1S/C17H19N3O2/c1-2-22-16-6-4-3-5-15(16)20-17(21)14-11-19-10-12-9-18-8-7-13(12)14/h3-6,10-11,18H,2,7-9H2,1H3,(H,20,21). The summed E-state index contributed by atoms with van der Waals surface area (Å²) in [5, 5.41) is 6.23. The Morgan fingerprint density at radius 2 is 2.23 bits per heavy atom. The number of anilines is 1. The Bertz CT molecular complexity index is 685. The Morgan fingerprint density at radius 3 is 3.09 bits per heavy atom. The van der Waals surface area contributed by atoms with E-state index in [9.17, 15) is 4.79 Å². The fourth-order valence-corrected chi connectivity index (χ4v) is 2.65. The third-order valence-corrected chi connectivity index (χ3v) is 3.69. The molecule has 0 saturated heterocycles. The van der Waals surface area contributed by atoms with Crippen LogP contribution in [0.3, 0.4) is 0 Å². The predicted octanol–water partition coefficient (Wildman–Crippen LogP) is 2.38. The molecule has 1 amide bonds. The highest BCUT2D eigenvalue weighted by molar-refractivity contribution is 6.06. The van der Waals surface area contributed by atoms with Gasteiger partial charge in [0.2, 0.25) is 0 Å². The van der Waals surface area contributed by atoms with Crippen molar-refractivity contribution in [1.29, 1.82) is 0 Å². The summed E-state index contributed by atoms with van der Waals surface area (Å²) >= 11 is 0. The van der Waals surface area contributed by atoms with Gasteiger partial charge in [-0.2, -0.15) is 0 Å². The van der Waals surface area contributed by atoms with Crippen molar-refractivity contribution in [2.24, 2.45) is 0 Å². The average molecular weight is 297 g/mol. The summed E-state index contributed by atoms with van der Waals surface area (Å²) < 4.78 is 5.55. The van der Waals surface area contributed by atoms with E-state index in [1.165, 1.54) is 0 Å². The van der Waals surface area contributed by atoms with Gasteiger partial charge in [-0.3, -0.25) is 9.78 Å². The normalized spacial score (nSPS) is 13.3. The number of amides is 1. The van der Waals surface area contributed by atoms with E-state index in [0.29, 0.717) is 23.6 Å². The summed E-state index contributed by atoms with van der Waals surface area (Å²) in [6, 6.07) is 7.45. The SMILES string of the molecule is CCOc1ccccc1NC(=O)c1cncc2c1CCNC2. The Labute approximate surface area is 129 Å². The molecule has 0 atom stereocenters. The van der Waals surface area contributed by atoms with E-state index in [1.54, 1.807) is 6.20 Å². The highest BCUT2D eigenvalue weighted by Gasteiger charge is 2.18. The maximum absolute atomic E-state index is 12.6. The van der Waals surface area contributed by atoms with E-state index in [2.05, 4.69) is 15.6 Å². The van der Waals surface area contributed by atoms with Gasteiger partial charge in [-0.05, 0) is 43.1 Å². The summed E-state index contributed by atoms with van der Waals surface area (Å²) in [5.74, 6) is 0.538. The molecule has 1 aliphatic rings. The number of fused-ring (bicyclic) bond motifs is 1. The average Bonchev–Trinajstić information content (AvgIpc) is 2.56. The molecule has 2 heterocycles. The molecular formula is C17H19N3O2. The van der Waals surface area contributed by atoms with Crippen molar-refractivity contribution in [3.63, 3.8) is 0 Å². The molecule has 1 aromatic carbocycles. The number of para-hydroxylation sites is 2. The Balaban J connectivity index is 1.87. The Kier molecular flexibility index (Phi) is 4.34. The number of pyridine rings is 1. The molecule has 22 heavy (non-hydrogen) atoms. The van der Waals surface area contributed by atoms with E-state index in [4.69, 9.17) is 4.74 Å². The molecule has 2 N–H and O–H groups in total. The van der Waals surface area contributed by atoms with Gasteiger partial charge >= 0.3 is 0 Å². The number of hydrogen-bond donors (Lipinski definition) is 2. The molecule has 0 aliphatic carbocycles. The van der Waals surface area contributed by atoms with Crippen molar-refractivity contribution in [1.82, 2.24) is 10.3 Å². The molecule has 3 rings (SSSR count). The van der Waals surface area contributed by atoms with Gasteiger partial charge in [0.05, 0.1) is 17.9 Å². The largest absolute Gasteiger partial charge is 0.492 e. The molecule has 0 radical (unpaired) electrons. The van der Waals surface area contributed by atoms with Gasteiger partial charge in [-0.25, -0.2) is 0 Å². The van der Waals surface area contributed by atoms with E-state index < -0.39 is 0 Å². The summed E-state index contributed by atoms with van der Waals surface area (Å²) in [4.78, 5) is 16.8. The second-order valence-corrected chi connectivity index (χ2v) is 5.13. The van der Waals surface area contributed by atoms with Gasteiger partial charge in [0.1, 0.15) is 5.75 Å². The molecule has 114 valence electrons. The first-order valence-electron chi connectivity index (χ1n) is 7.49. The lowest BCUT2D eigenvalue weighted by Crippen LogP contribution is -2.27. The van der Waals surface area contributed by atoms with Gasteiger partial charge in [0, 0.05) is 18.9 Å². The van der Waals surface area contributed by atoms with Gasteiger partial charge in [-0.1, -0.05) is 12.1 Å². The van der Waals surface area contributed by atoms with E-state index in [1.807, 2.05) is 37.4 Å². The summed E-state index contributed by atoms with van der Waals surface area (Å²) in [5.41, 5.74) is 3.50. The van der Waals surface area contributed by atoms with E-state index in [0.717, 1.165) is 30.6 Å². The third kappa shape index (κ3) is 2.94. The molecule has 1 aromatic heterocycles. The first kappa shape index (κ1) is 14.5.